The van der Waals surface area contributed by atoms with Crippen molar-refractivity contribution in [2.45, 2.75) is 0 Å². The first-order chi connectivity index (χ1) is 12.6. The molecule has 0 saturated carbocycles. The highest BCUT2D eigenvalue weighted by atomic mass is 35.5. The van der Waals surface area contributed by atoms with Gasteiger partial charge in [-0.3, -0.25) is 9.59 Å². The third-order valence-electron chi connectivity index (χ3n) is 3.83. The number of aromatic nitrogens is 1. The molecule has 0 aromatic carbocycles. The molecule has 0 bridgehead atoms. The summed E-state index contributed by atoms with van der Waals surface area (Å²) >= 11 is 7.62. The first kappa shape index (κ1) is 18.6. The molecule has 1 saturated heterocycles. The average Bonchev–Trinajstić information content (AvgIpc) is 3.21. The van der Waals surface area contributed by atoms with Crippen LogP contribution in [0.5, 0.6) is 0 Å². The Morgan fingerprint density at radius 2 is 2.12 bits per heavy atom. The molecule has 138 valence electrons. The predicted molar refractivity (Wildman–Crippen MR) is 101 cm³/mol. The zero-order chi connectivity index (χ0) is 18.4. The topological polar surface area (TPSA) is 83.6 Å². The lowest BCUT2D eigenvalue weighted by molar-refractivity contribution is 0.0302. The largest absolute Gasteiger partial charge is 0.378 e. The van der Waals surface area contributed by atoms with Gasteiger partial charge >= 0.3 is 0 Å². The standard InChI is InChI=1S/C17H19ClN4O3S/c18-13-10-12(17(24)22-5-7-25-8-6-22)11-21-15(13)19-3-4-20-16(23)14-2-1-9-26-14/h1-2,9-11H,3-8H2,(H,19,21)(H,20,23). The molecule has 0 atom stereocenters. The summed E-state index contributed by atoms with van der Waals surface area (Å²) in [6.07, 6.45) is 1.51. The van der Waals surface area contributed by atoms with E-state index in [1.807, 2.05) is 11.4 Å². The number of nitrogens with one attached hydrogen (secondary N) is 2. The maximum absolute atomic E-state index is 12.4. The number of morpholine rings is 1. The number of hydrogen-bond acceptors (Lipinski definition) is 6. The molecule has 1 aliphatic heterocycles. The van der Waals surface area contributed by atoms with Gasteiger partial charge in [-0.2, -0.15) is 0 Å². The zero-order valence-electron chi connectivity index (χ0n) is 14.0. The highest BCUT2D eigenvalue weighted by Gasteiger charge is 2.19. The Balaban J connectivity index is 1.49. The maximum atomic E-state index is 12.4. The highest BCUT2D eigenvalue weighted by molar-refractivity contribution is 7.12. The molecule has 26 heavy (non-hydrogen) atoms. The van der Waals surface area contributed by atoms with Crippen molar-refractivity contribution in [3.63, 3.8) is 0 Å². The van der Waals surface area contributed by atoms with Crippen LogP contribution in [0.3, 0.4) is 0 Å². The number of carbonyl (C=O) groups is 2. The summed E-state index contributed by atoms with van der Waals surface area (Å²) in [6, 6.07) is 5.22. The molecule has 2 N–H and O–H groups in total. The van der Waals surface area contributed by atoms with Crippen molar-refractivity contribution in [2.75, 3.05) is 44.7 Å². The summed E-state index contributed by atoms with van der Waals surface area (Å²) in [5, 5.41) is 8.10. The Bertz CT molecular complexity index is 763. The second kappa shape index (κ2) is 8.98. The number of anilines is 1. The van der Waals surface area contributed by atoms with E-state index >= 15 is 0 Å². The van der Waals surface area contributed by atoms with Crippen LogP contribution in [0, 0.1) is 0 Å². The third kappa shape index (κ3) is 4.72. The molecule has 7 nitrogen and oxygen atoms in total. The normalized spacial score (nSPS) is 14.1. The Labute approximate surface area is 160 Å². The van der Waals surface area contributed by atoms with Crippen molar-refractivity contribution in [3.8, 4) is 0 Å². The number of halogens is 1. The van der Waals surface area contributed by atoms with E-state index in [0.717, 1.165) is 0 Å². The van der Waals surface area contributed by atoms with Gasteiger partial charge in [0.2, 0.25) is 0 Å². The Morgan fingerprint density at radius 3 is 2.81 bits per heavy atom. The van der Waals surface area contributed by atoms with Crippen LogP contribution in [0.25, 0.3) is 0 Å². The lowest BCUT2D eigenvalue weighted by atomic mass is 10.2. The number of amides is 2. The second-order valence-electron chi connectivity index (χ2n) is 5.62. The minimum absolute atomic E-state index is 0.0996. The van der Waals surface area contributed by atoms with E-state index in [-0.39, 0.29) is 11.8 Å². The fourth-order valence-electron chi connectivity index (χ4n) is 2.49. The van der Waals surface area contributed by atoms with Crippen LogP contribution < -0.4 is 10.6 Å². The molecule has 1 fully saturated rings. The van der Waals surface area contributed by atoms with Crippen LogP contribution in [0.1, 0.15) is 20.0 Å². The van der Waals surface area contributed by atoms with Crippen LogP contribution in [0.2, 0.25) is 5.02 Å². The summed E-state index contributed by atoms with van der Waals surface area (Å²) in [7, 11) is 0. The lowest BCUT2D eigenvalue weighted by Crippen LogP contribution is -2.40. The number of ether oxygens (including phenoxy) is 1. The molecule has 2 amide bonds. The summed E-state index contributed by atoms with van der Waals surface area (Å²) < 4.78 is 5.25. The molecule has 1 aliphatic rings. The molecule has 3 rings (SSSR count). The molecule has 0 spiro atoms. The number of nitrogens with zero attached hydrogens (tertiary/aromatic N) is 2. The predicted octanol–water partition coefficient (Wildman–Crippen LogP) is 2.11. The van der Waals surface area contributed by atoms with E-state index in [9.17, 15) is 9.59 Å². The molecule has 0 aliphatic carbocycles. The number of hydrogen-bond donors (Lipinski definition) is 2. The SMILES string of the molecule is O=C(NCCNc1ncc(C(=O)N2CCOCC2)cc1Cl)c1cccs1. The Morgan fingerprint density at radius 1 is 1.31 bits per heavy atom. The van der Waals surface area contributed by atoms with Crippen molar-refractivity contribution in [2.24, 2.45) is 0 Å². The van der Waals surface area contributed by atoms with Gasteiger partial charge in [-0.15, -0.1) is 11.3 Å². The number of rotatable bonds is 6. The summed E-state index contributed by atoms with van der Waals surface area (Å²) in [4.78, 5) is 30.9. The molecular formula is C17H19ClN4O3S. The molecule has 2 aromatic heterocycles. The van der Waals surface area contributed by atoms with Gasteiger partial charge in [0, 0.05) is 32.4 Å². The molecular weight excluding hydrogens is 376 g/mol. The van der Waals surface area contributed by atoms with Crippen molar-refractivity contribution in [3.05, 3.63) is 45.2 Å². The van der Waals surface area contributed by atoms with Gasteiger partial charge in [-0.25, -0.2) is 4.98 Å². The van der Waals surface area contributed by atoms with E-state index in [0.29, 0.717) is 60.7 Å². The van der Waals surface area contributed by atoms with Crippen molar-refractivity contribution >= 4 is 40.6 Å². The molecule has 0 unspecified atom stereocenters. The van der Waals surface area contributed by atoms with Crippen molar-refractivity contribution < 1.29 is 14.3 Å². The molecule has 2 aromatic rings. The second-order valence-corrected chi connectivity index (χ2v) is 6.97. The fourth-order valence-corrected chi connectivity index (χ4v) is 3.36. The number of carbonyl (C=O) groups excluding carboxylic acids is 2. The summed E-state index contributed by atoms with van der Waals surface area (Å²) in [6.45, 7) is 3.14. The van der Waals surface area contributed by atoms with Gasteiger partial charge in [-0.05, 0) is 17.5 Å². The van der Waals surface area contributed by atoms with Gasteiger partial charge in [0.05, 0.1) is 28.7 Å². The lowest BCUT2D eigenvalue weighted by Gasteiger charge is -2.26. The first-order valence-corrected chi connectivity index (χ1v) is 9.49. The maximum Gasteiger partial charge on any atom is 0.261 e. The van der Waals surface area contributed by atoms with E-state index in [4.69, 9.17) is 16.3 Å². The molecule has 9 heteroatoms. The van der Waals surface area contributed by atoms with Gasteiger partial charge in [0.25, 0.3) is 11.8 Å². The van der Waals surface area contributed by atoms with E-state index < -0.39 is 0 Å². The quantitative estimate of drug-likeness (QED) is 0.733. The fraction of sp³-hybridized carbons (Fsp3) is 0.353. The summed E-state index contributed by atoms with van der Waals surface area (Å²) in [5.41, 5.74) is 0.452. The van der Waals surface area contributed by atoms with E-state index in [1.54, 1.807) is 17.0 Å². The van der Waals surface area contributed by atoms with Crippen molar-refractivity contribution in [1.29, 1.82) is 0 Å². The van der Waals surface area contributed by atoms with E-state index in [1.165, 1.54) is 17.5 Å². The van der Waals surface area contributed by atoms with Crippen LogP contribution in [-0.2, 0) is 4.74 Å². The van der Waals surface area contributed by atoms with Crippen LogP contribution in [-0.4, -0.2) is 61.1 Å². The van der Waals surface area contributed by atoms with Gasteiger partial charge in [-0.1, -0.05) is 17.7 Å². The average molecular weight is 395 g/mol. The van der Waals surface area contributed by atoms with Crippen LogP contribution in [0.15, 0.2) is 29.8 Å². The van der Waals surface area contributed by atoms with Gasteiger partial charge in [0.15, 0.2) is 0 Å². The van der Waals surface area contributed by atoms with E-state index in [2.05, 4.69) is 15.6 Å². The van der Waals surface area contributed by atoms with Crippen LogP contribution in [0.4, 0.5) is 5.82 Å². The van der Waals surface area contributed by atoms with Crippen molar-refractivity contribution in [1.82, 2.24) is 15.2 Å². The first-order valence-electron chi connectivity index (χ1n) is 8.23. The summed E-state index contributed by atoms with van der Waals surface area (Å²) in [5.74, 6) is 0.278. The minimum Gasteiger partial charge on any atom is -0.378 e. The number of pyridine rings is 1. The van der Waals surface area contributed by atoms with Gasteiger partial charge < -0.3 is 20.3 Å². The number of thiophene rings is 1. The monoisotopic (exact) mass is 394 g/mol. The Kier molecular flexibility index (Phi) is 6.43. The molecule has 3 heterocycles. The van der Waals surface area contributed by atoms with Crippen LogP contribution >= 0.6 is 22.9 Å². The third-order valence-corrected chi connectivity index (χ3v) is 4.99. The van der Waals surface area contributed by atoms with Gasteiger partial charge in [0.1, 0.15) is 5.82 Å². The zero-order valence-corrected chi connectivity index (χ0v) is 15.6. The molecule has 0 radical (unpaired) electrons. The smallest absolute Gasteiger partial charge is 0.261 e. The Hall–Kier alpha value is -2.16. The highest BCUT2D eigenvalue weighted by Crippen LogP contribution is 2.21. The minimum atomic E-state index is -0.104.